The molecule has 9 heteroatoms. The average molecular weight is 409 g/mol. The molecule has 2 N–H and O–H groups in total. The number of ether oxygens (including phenoxy) is 1. The van der Waals surface area contributed by atoms with Gasteiger partial charge >= 0.3 is 6.61 Å². The SMILES string of the molecule is FC(F)Oc1ccccc1NC(=S)Nc1nn(Cc2ccccc2)cc1Cl. The quantitative estimate of drug-likeness (QED) is 0.562. The second-order valence-electron chi connectivity index (χ2n) is 5.46. The van der Waals surface area contributed by atoms with Crippen LogP contribution in [0.3, 0.4) is 0 Å². The van der Waals surface area contributed by atoms with E-state index in [0.717, 1.165) is 5.56 Å². The summed E-state index contributed by atoms with van der Waals surface area (Å²) in [5, 5.41) is 10.5. The van der Waals surface area contributed by atoms with Crippen molar-refractivity contribution in [3.63, 3.8) is 0 Å². The Morgan fingerprint density at radius 1 is 1.11 bits per heavy atom. The van der Waals surface area contributed by atoms with Crippen molar-refractivity contribution in [1.29, 1.82) is 0 Å². The Labute approximate surface area is 164 Å². The van der Waals surface area contributed by atoms with Gasteiger partial charge < -0.3 is 15.4 Å². The van der Waals surface area contributed by atoms with Gasteiger partial charge in [-0.3, -0.25) is 4.68 Å². The van der Waals surface area contributed by atoms with Gasteiger partial charge in [0.2, 0.25) is 0 Å². The van der Waals surface area contributed by atoms with Crippen LogP contribution < -0.4 is 15.4 Å². The van der Waals surface area contributed by atoms with Gasteiger partial charge in [-0.1, -0.05) is 54.1 Å². The molecule has 0 radical (unpaired) electrons. The maximum absolute atomic E-state index is 12.5. The molecule has 5 nitrogen and oxygen atoms in total. The third-order valence-electron chi connectivity index (χ3n) is 3.49. The molecule has 0 aliphatic carbocycles. The smallest absolute Gasteiger partial charge is 0.387 e. The van der Waals surface area contributed by atoms with E-state index in [9.17, 15) is 8.78 Å². The van der Waals surface area contributed by atoms with E-state index >= 15 is 0 Å². The molecule has 27 heavy (non-hydrogen) atoms. The lowest BCUT2D eigenvalue weighted by Gasteiger charge is -2.13. The molecule has 1 aromatic heterocycles. The van der Waals surface area contributed by atoms with Crippen molar-refractivity contribution in [3.8, 4) is 5.75 Å². The van der Waals surface area contributed by atoms with Crippen molar-refractivity contribution in [2.75, 3.05) is 10.6 Å². The van der Waals surface area contributed by atoms with Crippen LogP contribution in [-0.2, 0) is 6.54 Å². The van der Waals surface area contributed by atoms with E-state index in [2.05, 4.69) is 20.5 Å². The number of hydrogen-bond acceptors (Lipinski definition) is 3. The highest BCUT2D eigenvalue weighted by Crippen LogP contribution is 2.26. The van der Waals surface area contributed by atoms with Crippen LogP contribution in [-0.4, -0.2) is 21.5 Å². The lowest BCUT2D eigenvalue weighted by Crippen LogP contribution is -2.20. The van der Waals surface area contributed by atoms with Gasteiger partial charge in [0, 0.05) is 6.20 Å². The number of anilines is 2. The van der Waals surface area contributed by atoms with Gasteiger partial charge in [0.15, 0.2) is 10.9 Å². The molecule has 2 aromatic carbocycles. The van der Waals surface area contributed by atoms with Crippen molar-refractivity contribution >= 4 is 40.4 Å². The second-order valence-corrected chi connectivity index (χ2v) is 6.28. The molecule has 0 saturated heterocycles. The van der Waals surface area contributed by atoms with Gasteiger partial charge in [-0.25, -0.2) is 0 Å². The molecule has 0 atom stereocenters. The van der Waals surface area contributed by atoms with Crippen LogP contribution in [0.15, 0.2) is 60.8 Å². The molecule has 3 aromatic rings. The van der Waals surface area contributed by atoms with Gasteiger partial charge in [0.1, 0.15) is 10.8 Å². The zero-order chi connectivity index (χ0) is 19.2. The van der Waals surface area contributed by atoms with E-state index in [0.29, 0.717) is 23.1 Å². The number of hydrogen-bond donors (Lipinski definition) is 2. The van der Waals surface area contributed by atoms with E-state index in [1.165, 1.54) is 6.07 Å². The van der Waals surface area contributed by atoms with Crippen LogP contribution in [0.1, 0.15) is 5.56 Å². The van der Waals surface area contributed by atoms with Crippen LogP contribution >= 0.6 is 23.8 Å². The number of aromatic nitrogens is 2. The minimum absolute atomic E-state index is 0.0163. The molecular weight excluding hydrogens is 394 g/mol. The summed E-state index contributed by atoms with van der Waals surface area (Å²) in [6, 6.07) is 16.0. The zero-order valence-electron chi connectivity index (χ0n) is 13.9. The number of nitrogens with zero attached hydrogens (tertiary/aromatic N) is 2. The highest BCUT2D eigenvalue weighted by molar-refractivity contribution is 7.80. The van der Waals surface area contributed by atoms with E-state index in [-0.39, 0.29) is 10.9 Å². The summed E-state index contributed by atoms with van der Waals surface area (Å²) in [4.78, 5) is 0. The van der Waals surface area contributed by atoms with Crippen LogP contribution in [0.25, 0.3) is 0 Å². The first-order valence-electron chi connectivity index (χ1n) is 7.90. The molecular formula is C18H15ClF2N4OS. The van der Waals surface area contributed by atoms with Crippen molar-refractivity contribution < 1.29 is 13.5 Å². The summed E-state index contributed by atoms with van der Waals surface area (Å²) in [5.41, 5.74) is 1.37. The van der Waals surface area contributed by atoms with Gasteiger partial charge in [-0.05, 0) is 29.9 Å². The van der Waals surface area contributed by atoms with Gasteiger partial charge in [0.05, 0.1) is 12.2 Å². The molecule has 0 spiro atoms. The Kier molecular flexibility index (Phi) is 6.20. The van der Waals surface area contributed by atoms with Gasteiger partial charge in [0.25, 0.3) is 0 Å². The summed E-state index contributed by atoms with van der Waals surface area (Å²) in [6.07, 6.45) is 1.67. The third-order valence-corrected chi connectivity index (χ3v) is 3.97. The first kappa shape index (κ1) is 19.1. The predicted octanol–water partition coefficient (Wildman–Crippen LogP) is 5.00. The van der Waals surface area contributed by atoms with Gasteiger partial charge in [-0.15, -0.1) is 0 Å². The maximum Gasteiger partial charge on any atom is 0.387 e. The fraction of sp³-hybridized carbons (Fsp3) is 0.111. The molecule has 0 amide bonds. The molecule has 0 aliphatic heterocycles. The van der Waals surface area contributed by atoms with E-state index in [1.54, 1.807) is 29.1 Å². The van der Waals surface area contributed by atoms with Crippen molar-refractivity contribution in [1.82, 2.24) is 9.78 Å². The Morgan fingerprint density at radius 2 is 1.81 bits per heavy atom. The molecule has 3 rings (SSSR count). The molecule has 1 heterocycles. The first-order chi connectivity index (χ1) is 13.0. The number of benzene rings is 2. The van der Waals surface area contributed by atoms with Crippen LogP contribution in [0.2, 0.25) is 5.02 Å². The highest BCUT2D eigenvalue weighted by atomic mass is 35.5. The monoisotopic (exact) mass is 408 g/mol. The van der Waals surface area contributed by atoms with E-state index < -0.39 is 6.61 Å². The van der Waals surface area contributed by atoms with Crippen molar-refractivity contribution in [3.05, 3.63) is 71.4 Å². The molecule has 0 saturated carbocycles. The summed E-state index contributed by atoms with van der Waals surface area (Å²) in [7, 11) is 0. The summed E-state index contributed by atoms with van der Waals surface area (Å²) in [5.74, 6) is 0.342. The number of thiocarbonyl (C=S) groups is 1. The normalized spacial score (nSPS) is 10.7. The van der Waals surface area contributed by atoms with Crippen molar-refractivity contribution in [2.24, 2.45) is 0 Å². The Balaban J connectivity index is 1.66. The Morgan fingerprint density at radius 3 is 2.56 bits per heavy atom. The minimum atomic E-state index is -2.93. The van der Waals surface area contributed by atoms with E-state index in [4.69, 9.17) is 23.8 Å². The van der Waals surface area contributed by atoms with Crippen molar-refractivity contribution in [2.45, 2.75) is 13.2 Å². The lowest BCUT2D eigenvalue weighted by molar-refractivity contribution is -0.0493. The Bertz CT molecular complexity index is 921. The molecule has 0 fully saturated rings. The highest BCUT2D eigenvalue weighted by Gasteiger charge is 2.12. The number of halogens is 3. The second kappa shape index (κ2) is 8.79. The predicted molar refractivity (Wildman–Crippen MR) is 106 cm³/mol. The number of alkyl halides is 2. The molecule has 0 bridgehead atoms. The number of para-hydroxylation sites is 2. The molecule has 0 unspecified atom stereocenters. The summed E-state index contributed by atoms with van der Waals surface area (Å²) < 4.78 is 31.1. The average Bonchev–Trinajstić information content (AvgIpc) is 2.96. The minimum Gasteiger partial charge on any atom is -0.433 e. The third kappa shape index (κ3) is 5.38. The molecule has 140 valence electrons. The molecule has 0 aliphatic rings. The standard InChI is InChI=1S/C18H15ClF2N4OS/c19-13-11-25(10-12-6-2-1-3-7-12)24-16(13)23-18(27)22-14-8-4-5-9-15(14)26-17(20)21/h1-9,11,17H,10H2,(H2,22,23,24,27). The van der Waals surface area contributed by atoms with Crippen LogP contribution in [0.5, 0.6) is 5.75 Å². The van der Waals surface area contributed by atoms with E-state index in [1.807, 2.05) is 30.3 Å². The largest absolute Gasteiger partial charge is 0.433 e. The lowest BCUT2D eigenvalue weighted by atomic mass is 10.2. The van der Waals surface area contributed by atoms with Crippen LogP contribution in [0, 0.1) is 0 Å². The maximum atomic E-state index is 12.5. The topological polar surface area (TPSA) is 51.1 Å². The first-order valence-corrected chi connectivity index (χ1v) is 8.68. The summed E-state index contributed by atoms with van der Waals surface area (Å²) >= 11 is 11.4. The number of rotatable bonds is 6. The number of nitrogens with one attached hydrogen (secondary N) is 2. The fourth-order valence-electron chi connectivity index (χ4n) is 2.36. The fourth-order valence-corrected chi connectivity index (χ4v) is 2.77. The van der Waals surface area contributed by atoms with Gasteiger partial charge in [-0.2, -0.15) is 13.9 Å². The van der Waals surface area contributed by atoms with Crippen LogP contribution in [0.4, 0.5) is 20.3 Å². The summed E-state index contributed by atoms with van der Waals surface area (Å²) in [6.45, 7) is -2.38. The zero-order valence-corrected chi connectivity index (χ0v) is 15.5. The Hall–Kier alpha value is -2.71.